The minimum atomic E-state index is 0.494. The second-order valence-electron chi connectivity index (χ2n) is 5.07. The van der Waals surface area contributed by atoms with Crippen LogP contribution in [0.5, 0.6) is 0 Å². The summed E-state index contributed by atoms with van der Waals surface area (Å²) in [4.78, 5) is 0. The number of unbranched alkanes of at least 4 members (excludes halogenated alkanes) is 3. The maximum Gasteiger partial charge on any atom is -0.0346 e. The van der Waals surface area contributed by atoms with Crippen molar-refractivity contribution in [3.05, 3.63) is 12.2 Å². The SMILES string of the molecule is CCCCCC=CCCC(C)(C)C. The van der Waals surface area contributed by atoms with Crippen LogP contribution in [0.2, 0.25) is 0 Å². The highest BCUT2D eigenvalue weighted by Gasteiger charge is 2.07. The standard InChI is InChI=1S/C13H26/c1-5-6-7-8-9-10-11-12-13(2,3)4/h9-10H,5-8,11-12H2,1-4H3. The minimum Gasteiger partial charge on any atom is -0.0885 e. The molecule has 0 aromatic rings. The van der Waals surface area contributed by atoms with Crippen molar-refractivity contribution in [1.82, 2.24) is 0 Å². The first-order valence-electron chi connectivity index (χ1n) is 5.71. The van der Waals surface area contributed by atoms with Gasteiger partial charge >= 0.3 is 0 Å². The van der Waals surface area contributed by atoms with Crippen LogP contribution in [0.15, 0.2) is 12.2 Å². The first kappa shape index (κ1) is 12.7. The van der Waals surface area contributed by atoms with E-state index in [9.17, 15) is 0 Å². The van der Waals surface area contributed by atoms with E-state index in [4.69, 9.17) is 0 Å². The number of hydrogen-bond acceptors (Lipinski definition) is 0. The van der Waals surface area contributed by atoms with E-state index < -0.39 is 0 Å². The van der Waals surface area contributed by atoms with Gasteiger partial charge in [0.15, 0.2) is 0 Å². The number of rotatable bonds is 6. The van der Waals surface area contributed by atoms with Gasteiger partial charge in [0.05, 0.1) is 0 Å². The van der Waals surface area contributed by atoms with Gasteiger partial charge in [-0.1, -0.05) is 52.7 Å². The summed E-state index contributed by atoms with van der Waals surface area (Å²) in [7, 11) is 0. The molecular formula is C13H26. The van der Waals surface area contributed by atoms with Crippen molar-refractivity contribution >= 4 is 0 Å². The highest BCUT2D eigenvalue weighted by Crippen LogP contribution is 2.20. The molecule has 0 aromatic heterocycles. The molecule has 13 heavy (non-hydrogen) atoms. The molecule has 0 heterocycles. The van der Waals surface area contributed by atoms with Crippen LogP contribution in [0.4, 0.5) is 0 Å². The minimum absolute atomic E-state index is 0.494. The van der Waals surface area contributed by atoms with Crippen molar-refractivity contribution in [2.75, 3.05) is 0 Å². The third kappa shape index (κ3) is 11.7. The molecule has 0 spiro atoms. The summed E-state index contributed by atoms with van der Waals surface area (Å²) in [5.41, 5.74) is 0.494. The maximum absolute atomic E-state index is 2.35. The Morgan fingerprint density at radius 3 is 2.08 bits per heavy atom. The summed E-state index contributed by atoms with van der Waals surface area (Å²) in [5.74, 6) is 0. The van der Waals surface area contributed by atoms with E-state index >= 15 is 0 Å². The molecule has 0 aromatic carbocycles. The largest absolute Gasteiger partial charge is 0.0885 e. The smallest absolute Gasteiger partial charge is 0.0346 e. The van der Waals surface area contributed by atoms with Crippen LogP contribution < -0.4 is 0 Å². The van der Waals surface area contributed by atoms with Crippen LogP contribution >= 0.6 is 0 Å². The summed E-state index contributed by atoms with van der Waals surface area (Å²) < 4.78 is 0. The lowest BCUT2D eigenvalue weighted by molar-refractivity contribution is 0.381. The van der Waals surface area contributed by atoms with Crippen molar-refractivity contribution in [2.45, 2.75) is 66.2 Å². The third-order valence-corrected chi connectivity index (χ3v) is 2.20. The molecule has 0 rings (SSSR count). The first-order valence-corrected chi connectivity index (χ1v) is 5.71. The monoisotopic (exact) mass is 182 g/mol. The zero-order valence-electron chi connectivity index (χ0n) is 9.90. The van der Waals surface area contributed by atoms with E-state index in [0.717, 1.165) is 0 Å². The van der Waals surface area contributed by atoms with Gasteiger partial charge in [0, 0.05) is 0 Å². The number of hydrogen-bond donors (Lipinski definition) is 0. The van der Waals surface area contributed by atoms with E-state index in [-0.39, 0.29) is 0 Å². The Bertz CT molecular complexity index is 125. The van der Waals surface area contributed by atoms with Crippen molar-refractivity contribution in [1.29, 1.82) is 0 Å². The summed E-state index contributed by atoms with van der Waals surface area (Å²) in [6.07, 6.45) is 12.6. The summed E-state index contributed by atoms with van der Waals surface area (Å²) in [6, 6.07) is 0. The van der Waals surface area contributed by atoms with Gasteiger partial charge in [-0.3, -0.25) is 0 Å². The fourth-order valence-corrected chi connectivity index (χ4v) is 1.26. The average molecular weight is 182 g/mol. The zero-order valence-corrected chi connectivity index (χ0v) is 9.90. The Morgan fingerprint density at radius 2 is 1.54 bits per heavy atom. The molecule has 0 aliphatic rings. The lowest BCUT2D eigenvalue weighted by atomic mass is 9.90. The van der Waals surface area contributed by atoms with Crippen molar-refractivity contribution in [3.63, 3.8) is 0 Å². The predicted octanol–water partition coefficient (Wildman–Crippen LogP) is 4.95. The Labute approximate surface area is 84.4 Å². The molecule has 0 aliphatic heterocycles. The molecule has 78 valence electrons. The Morgan fingerprint density at radius 1 is 0.923 bits per heavy atom. The van der Waals surface area contributed by atoms with Gasteiger partial charge in [0.25, 0.3) is 0 Å². The molecule has 0 fully saturated rings. The third-order valence-electron chi connectivity index (χ3n) is 2.20. The van der Waals surface area contributed by atoms with Crippen LogP contribution in [-0.2, 0) is 0 Å². The van der Waals surface area contributed by atoms with E-state index in [1.165, 1.54) is 38.5 Å². The molecule has 0 amide bonds. The molecule has 0 heteroatoms. The summed E-state index contributed by atoms with van der Waals surface area (Å²) >= 11 is 0. The topological polar surface area (TPSA) is 0 Å². The molecular weight excluding hydrogens is 156 g/mol. The van der Waals surface area contributed by atoms with Crippen LogP contribution in [0, 0.1) is 5.41 Å². The van der Waals surface area contributed by atoms with Gasteiger partial charge in [-0.15, -0.1) is 0 Å². The quantitative estimate of drug-likeness (QED) is 0.403. The predicted molar refractivity (Wildman–Crippen MR) is 62.0 cm³/mol. The van der Waals surface area contributed by atoms with E-state index in [2.05, 4.69) is 39.8 Å². The van der Waals surface area contributed by atoms with Gasteiger partial charge in [-0.25, -0.2) is 0 Å². The maximum atomic E-state index is 2.35. The van der Waals surface area contributed by atoms with Crippen molar-refractivity contribution < 1.29 is 0 Å². The molecule has 0 atom stereocenters. The normalized spacial score (nSPS) is 12.6. The fourth-order valence-electron chi connectivity index (χ4n) is 1.26. The van der Waals surface area contributed by atoms with Crippen molar-refractivity contribution in [3.8, 4) is 0 Å². The average Bonchev–Trinajstić information content (AvgIpc) is 2.01. The first-order chi connectivity index (χ1) is 6.06. The van der Waals surface area contributed by atoms with E-state index in [1.807, 2.05) is 0 Å². The van der Waals surface area contributed by atoms with E-state index in [1.54, 1.807) is 0 Å². The molecule has 0 bridgehead atoms. The summed E-state index contributed by atoms with van der Waals surface area (Å²) in [5, 5.41) is 0. The lowest BCUT2D eigenvalue weighted by Gasteiger charge is -2.15. The molecule has 0 saturated carbocycles. The molecule has 0 saturated heterocycles. The van der Waals surface area contributed by atoms with Crippen LogP contribution in [0.3, 0.4) is 0 Å². The Hall–Kier alpha value is -0.260. The van der Waals surface area contributed by atoms with Gasteiger partial charge in [-0.05, 0) is 31.1 Å². The van der Waals surface area contributed by atoms with Crippen LogP contribution in [0.25, 0.3) is 0 Å². The summed E-state index contributed by atoms with van der Waals surface area (Å²) in [6.45, 7) is 9.16. The fraction of sp³-hybridized carbons (Fsp3) is 0.846. The van der Waals surface area contributed by atoms with Gasteiger partial charge in [0.1, 0.15) is 0 Å². The molecule has 0 nitrogen and oxygen atoms in total. The molecule has 0 radical (unpaired) electrons. The zero-order chi connectivity index (χ0) is 10.2. The van der Waals surface area contributed by atoms with Gasteiger partial charge in [-0.2, -0.15) is 0 Å². The highest BCUT2D eigenvalue weighted by atomic mass is 14.1. The lowest BCUT2D eigenvalue weighted by Crippen LogP contribution is -2.02. The second kappa shape index (κ2) is 7.17. The Kier molecular flexibility index (Phi) is 7.03. The van der Waals surface area contributed by atoms with E-state index in [0.29, 0.717) is 5.41 Å². The highest BCUT2D eigenvalue weighted by molar-refractivity contribution is 4.82. The second-order valence-corrected chi connectivity index (χ2v) is 5.07. The molecule has 0 aliphatic carbocycles. The van der Waals surface area contributed by atoms with Gasteiger partial charge < -0.3 is 0 Å². The van der Waals surface area contributed by atoms with Crippen molar-refractivity contribution in [2.24, 2.45) is 5.41 Å². The Balaban J connectivity index is 3.22. The number of allylic oxidation sites excluding steroid dienone is 2. The molecule has 0 N–H and O–H groups in total. The van der Waals surface area contributed by atoms with Crippen LogP contribution in [-0.4, -0.2) is 0 Å². The molecule has 0 unspecified atom stereocenters. The van der Waals surface area contributed by atoms with Gasteiger partial charge in [0.2, 0.25) is 0 Å². The van der Waals surface area contributed by atoms with Crippen LogP contribution in [0.1, 0.15) is 66.2 Å².